The molecule has 0 spiro atoms. The average Bonchev–Trinajstić information content (AvgIpc) is 1.91. The van der Waals surface area contributed by atoms with Gasteiger partial charge in [0.2, 0.25) is 5.24 Å². The molecular weight excluding hydrogens is 217 g/mol. The molecule has 0 atom stereocenters. The number of carbonyl (C=O) groups excluding carboxylic acids is 1. The molecule has 0 unspecified atom stereocenters. The lowest BCUT2D eigenvalue weighted by molar-refractivity contribution is -0.109. The standard InChI is InChI=1S/C4H11N.C2H2BrClO/c1-3-5-4-2;3-1-2(4)5/h5H,3-4H2,1-2H3;1H2. The zero-order chi connectivity index (χ0) is 8.41. The van der Waals surface area contributed by atoms with Crippen molar-refractivity contribution in [1.29, 1.82) is 0 Å². The van der Waals surface area contributed by atoms with E-state index in [1.165, 1.54) is 0 Å². The normalized spacial score (nSPS) is 8.00. The molecule has 0 fully saturated rings. The summed E-state index contributed by atoms with van der Waals surface area (Å²) >= 11 is 7.61. The van der Waals surface area contributed by atoms with Gasteiger partial charge in [-0.05, 0) is 24.7 Å². The van der Waals surface area contributed by atoms with Crippen molar-refractivity contribution >= 4 is 32.8 Å². The third-order valence-electron chi connectivity index (χ3n) is 0.605. The first-order valence-electron chi connectivity index (χ1n) is 3.14. The number of hydrogen-bond donors (Lipinski definition) is 1. The highest BCUT2D eigenvalue weighted by molar-refractivity contribution is 9.09. The molecule has 0 bridgehead atoms. The minimum absolute atomic E-state index is 0.245. The van der Waals surface area contributed by atoms with E-state index in [1.807, 2.05) is 0 Å². The van der Waals surface area contributed by atoms with E-state index in [0.29, 0.717) is 0 Å². The van der Waals surface area contributed by atoms with Gasteiger partial charge in [-0.2, -0.15) is 0 Å². The molecule has 62 valence electrons. The summed E-state index contributed by atoms with van der Waals surface area (Å²) in [5.74, 6) is 0. The van der Waals surface area contributed by atoms with E-state index in [4.69, 9.17) is 11.6 Å². The third-order valence-corrected chi connectivity index (χ3v) is 1.57. The molecule has 0 saturated carbocycles. The molecule has 0 aliphatic carbocycles. The second-order valence-corrected chi connectivity index (χ2v) is 2.43. The van der Waals surface area contributed by atoms with Crippen molar-refractivity contribution in [2.75, 3.05) is 18.4 Å². The molecule has 0 aromatic carbocycles. The minimum Gasteiger partial charge on any atom is -0.317 e. The summed E-state index contributed by atoms with van der Waals surface area (Å²) in [4.78, 5) is 9.53. The molecule has 10 heavy (non-hydrogen) atoms. The van der Waals surface area contributed by atoms with Crippen molar-refractivity contribution in [3.05, 3.63) is 0 Å². The monoisotopic (exact) mass is 229 g/mol. The molecule has 0 aliphatic heterocycles. The number of carbonyl (C=O) groups is 1. The van der Waals surface area contributed by atoms with Crippen LogP contribution in [0, 0.1) is 0 Å². The fourth-order valence-corrected chi connectivity index (χ4v) is 0.250. The first-order chi connectivity index (χ1) is 4.68. The van der Waals surface area contributed by atoms with Crippen LogP contribution >= 0.6 is 27.5 Å². The molecule has 0 radical (unpaired) electrons. The van der Waals surface area contributed by atoms with E-state index in [0.717, 1.165) is 13.1 Å². The molecule has 0 amide bonds. The molecule has 0 rings (SSSR count). The van der Waals surface area contributed by atoms with E-state index >= 15 is 0 Å². The first kappa shape index (κ1) is 13.0. The Hall–Kier alpha value is 0.400. The Balaban J connectivity index is 0. The van der Waals surface area contributed by atoms with Gasteiger partial charge in [0, 0.05) is 0 Å². The maximum Gasteiger partial charge on any atom is 0.232 e. The van der Waals surface area contributed by atoms with Gasteiger partial charge in [-0.1, -0.05) is 29.8 Å². The molecule has 0 aromatic heterocycles. The second-order valence-electron chi connectivity index (χ2n) is 1.45. The number of alkyl halides is 1. The van der Waals surface area contributed by atoms with Crippen LogP contribution in [0.3, 0.4) is 0 Å². The molecular formula is C6H13BrClNO. The minimum atomic E-state index is -0.356. The van der Waals surface area contributed by atoms with Crippen molar-refractivity contribution in [2.45, 2.75) is 13.8 Å². The summed E-state index contributed by atoms with van der Waals surface area (Å²) in [6.07, 6.45) is 0. The number of rotatable bonds is 3. The zero-order valence-electron chi connectivity index (χ0n) is 6.29. The average molecular weight is 231 g/mol. The molecule has 1 N–H and O–H groups in total. The Morgan fingerprint density at radius 3 is 1.80 bits per heavy atom. The molecule has 4 heteroatoms. The topological polar surface area (TPSA) is 29.1 Å². The Morgan fingerprint density at radius 2 is 1.80 bits per heavy atom. The fraction of sp³-hybridized carbons (Fsp3) is 0.833. The van der Waals surface area contributed by atoms with Gasteiger partial charge >= 0.3 is 0 Å². The smallest absolute Gasteiger partial charge is 0.232 e. The highest BCUT2D eigenvalue weighted by atomic mass is 79.9. The van der Waals surface area contributed by atoms with Gasteiger partial charge in [-0.15, -0.1) is 0 Å². The van der Waals surface area contributed by atoms with Crippen molar-refractivity contribution < 1.29 is 4.79 Å². The molecule has 2 nitrogen and oxygen atoms in total. The maximum absolute atomic E-state index is 9.53. The van der Waals surface area contributed by atoms with Gasteiger partial charge in [0.1, 0.15) is 0 Å². The van der Waals surface area contributed by atoms with Crippen molar-refractivity contribution in [3.63, 3.8) is 0 Å². The van der Waals surface area contributed by atoms with Gasteiger partial charge in [0.25, 0.3) is 0 Å². The van der Waals surface area contributed by atoms with Crippen molar-refractivity contribution in [1.82, 2.24) is 5.32 Å². The maximum atomic E-state index is 9.53. The van der Waals surface area contributed by atoms with Crippen LogP contribution in [0.4, 0.5) is 0 Å². The lowest BCUT2D eigenvalue weighted by Crippen LogP contribution is -2.09. The van der Waals surface area contributed by atoms with Gasteiger partial charge in [0.05, 0.1) is 5.33 Å². The lowest BCUT2D eigenvalue weighted by atomic mass is 10.7. The summed E-state index contributed by atoms with van der Waals surface area (Å²) in [6.45, 7) is 6.39. The number of nitrogens with one attached hydrogen (secondary N) is 1. The van der Waals surface area contributed by atoms with E-state index < -0.39 is 0 Å². The number of hydrogen-bond acceptors (Lipinski definition) is 2. The summed E-state index contributed by atoms with van der Waals surface area (Å²) in [5, 5.41) is 3.00. The van der Waals surface area contributed by atoms with E-state index in [9.17, 15) is 4.79 Å². The summed E-state index contributed by atoms with van der Waals surface area (Å²) in [5.41, 5.74) is 0. The van der Waals surface area contributed by atoms with Crippen molar-refractivity contribution in [3.8, 4) is 0 Å². The Bertz CT molecular complexity index is 78.1. The van der Waals surface area contributed by atoms with Crippen LogP contribution in [-0.2, 0) is 4.79 Å². The number of halogens is 2. The van der Waals surface area contributed by atoms with Gasteiger partial charge in [-0.25, -0.2) is 0 Å². The summed E-state index contributed by atoms with van der Waals surface area (Å²) < 4.78 is 0. The van der Waals surface area contributed by atoms with Gasteiger partial charge < -0.3 is 5.32 Å². The van der Waals surface area contributed by atoms with Crippen LogP contribution in [0.2, 0.25) is 0 Å². The zero-order valence-corrected chi connectivity index (χ0v) is 8.63. The van der Waals surface area contributed by atoms with Crippen molar-refractivity contribution in [2.24, 2.45) is 0 Å². The van der Waals surface area contributed by atoms with Crippen LogP contribution < -0.4 is 5.32 Å². The Morgan fingerprint density at radius 1 is 1.50 bits per heavy atom. The van der Waals surface area contributed by atoms with Crippen LogP contribution in [0.5, 0.6) is 0 Å². The highest BCUT2D eigenvalue weighted by Crippen LogP contribution is 1.83. The Kier molecular flexibility index (Phi) is 15.8. The van der Waals surface area contributed by atoms with Crippen LogP contribution in [0.25, 0.3) is 0 Å². The van der Waals surface area contributed by atoms with Crippen LogP contribution in [0.15, 0.2) is 0 Å². The molecule has 0 heterocycles. The van der Waals surface area contributed by atoms with Gasteiger partial charge in [0.15, 0.2) is 0 Å². The largest absolute Gasteiger partial charge is 0.317 e. The second kappa shape index (κ2) is 12.1. The fourth-order valence-electron chi connectivity index (χ4n) is 0.250. The van der Waals surface area contributed by atoms with Gasteiger partial charge in [-0.3, -0.25) is 4.79 Å². The molecule has 0 aliphatic rings. The highest BCUT2D eigenvalue weighted by Gasteiger charge is 1.83. The first-order valence-corrected chi connectivity index (χ1v) is 4.63. The van der Waals surface area contributed by atoms with E-state index in [-0.39, 0.29) is 10.6 Å². The van der Waals surface area contributed by atoms with E-state index in [1.54, 1.807) is 0 Å². The predicted molar refractivity (Wildman–Crippen MR) is 48.9 cm³/mol. The molecule has 0 saturated heterocycles. The SMILES string of the molecule is CCNCC.O=C(Cl)CBr. The molecule has 0 aromatic rings. The van der Waals surface area contributed by atoms with Crippen LogP contribution in [-0.4, -0.2) is 23.7 Å². The third kappa shape index (κ3) is 23.8. The summed E-state index contributed by atoms with van der Waals surface area (Å²) in [7, 11) is 0. The predicted octanol–water partition coefficient (Wildman–Crippen LogP) is 1.76. The quantitative estimate of drug-likeness (QED) is 0.591. The van der Waals surface area contributed by atoms with E-state index in [2.05, 4.69) is 35.1 Å². The summed E-state index contributed by atoms with van der Waals surface area (Å²) in [6, 6.07) is 0. The Labute approximate surface area is 75.5 Å². The van der Waals surface area contributed by atoms with Crippen LogP contribution in [0.1, 0.15) is 13.8 Å². The lowest BCUT2D eigenvalue weighted by Gasteiger charge is -1.86.